The third kappa shape index (κ3) is 4.97. The summed E-state index contributed by atoms with van der Waals surface area (Å²) in [6.07, 6.45) is -2.40. The lowest BCUT2D eigenvalue weighted by Crippen LogP contribution is -2.48. The van der Waals surface area contributed by atoms with Crippen molar-refractivity contribution in [2.75, 3.05) is 31.5 Å². The van der Waals surface area contributed by atoms with Gasteiger partial charge in [-0.25, -0.2) is 0 Å². The lowest BCUT2D eigenvalue weighted by atomic mass is 9.93. The number of aryl methyl sites for hydroxylation is 1. The quantitative estimate of drug-likeness (QED) is 0.534. The Balaban J connectivity index is 1.36. The number of carbonyl (C=O) groups excluding carboxylic acids is 1. The van der Waals surface area contributed by atoms with E-state index >= 15 is 0 Å². The van der Waals surface area contributed by atoms with Gasteiger partial charge in [-0.3, -0.25) is 9.69 Å². The van der Waals surface area contributed by atoms with Crippen molar-refractivity contribution < 1.29 is 18.0 Å². The number of benzene rings is 3. The normalized spacial score (nSPS) is 18.3. The van der Waals surface area contributed by atoms with Crippen LogP contribution in [-0.4, -0.2) is 43.0 Å². The van der Waals surface area contributed by atoms with E-state index in [0.29, 0.717) is 22.7 Å². The molecule has 1 aliphatic heterocycles. The van der Waals surface area contributed by atoms with Crippen molar-refractivity contribution in [2.24, 2.45) is 0 Å². The van der Waals surface area contributed by atoms with E-state index in [4.69, 9.17) is 0 Å². The van der Waals surface area contributed by atoms with Gasteiger partial charge in [-0.1, -0.05) is 30.3 Å². The van der Waals surface area contributed by atoms with Gasteiger partial charge in [0.05, 0.1) is 5.56 Å². The maximum Gasteiger partial charge on any atom is 0.416 e. The predicted molar refractivity (Wildman–Crippen MR) is 132 cm³/mol. The zero-order valence-corrected chi connectivity index (χ0v) is 19.6. The number of carbonyl (C=O) groups is 1. The fourth-order valence-electron chi connectivity index (χ4n) is 5.24. The monoisotopic (exact) mass is 479 g/mol. The van der Waals surface area contributed by atoms with E-state index in [1.807, 2.05) is 19.1 Å². The van der Waals surface area contributed by atoms with Gasteiger partial charge in [-0.2, -0.15) is 13.2 Å². The molecule has 182 valence electrons. The molecule has 7 heteroatoms. The first kappa shape index (κ1) is 23.6. The Hall–Kier alpha value is -3.16. The highest BCUT2D eigenvalue weighted by molar-refractivity contribution is 6.09. The topological polar surface area (TPSA) is 44.4 Å². The summed E-state index contributed by atoms with van der Waals surface area (Å²) in [5, 5.41) is 6.41. The van der Waals surface area contributed by atoms with E-state index in [0.717, 1.165) is 62.4 Å². The number of nitrogens with one attached hydrogen (secondary N) is 2. The van der Waals surface area contributed by atoms with Gasteiger partial charge in [0.1, 0.15) is 0 Å². The maximum atomic E-state index is 13.3. The van der Waals surface area contributed by atoms with Gasteiger partial charge in [-0.05, 0) is 77.9 Å². The summed E-state index contributed by atoms with van der Waals surface area (Å²) < 4.78 is 39.0. The minimum atomic E-state index is -4.40. The van der Waals surface area contributed by atoms with Crippen molar-refractivity contribution in [1.29, 1.82) is 0 Å². The SMILES string of the molecule is Cc1cccc(C(=O)Nc2ccc3c(c2)CC(N2CCNCC2)C3)c1-c1ccc(C(F)(F)F)cc1. The van der Waals surface area contributed by atoms with Crippen molar-refractivity contribution in [3.05, 3.63) is 88.5 Å². The molecule has 5 rings (SSSR count). The van der Waals surface area contributed by atoms with Crippen LogP contribution >= 0.6 is 0 Å². The molecule has 3 aromatic rings. The van der Waals surface area contributed by atoms with E-state index in [-0.39, 0.29) is 5.91 Å². The zero-order chi connectivity index (χ0) is 24.6. The average molecular weight is 480 g/mol. The van der Waals surface area contributed by atoms with Gasteiger partial charge in [0.2, 0.25) is 0 Å². The first-order valence-corrected chi connectivity index (χ1v) is 11.9. The molecule has 1 fully saturated rings. The average Bonchev–Trinajstić information content (AvgIpc) is 3.27. The summed E-state index contributed by atoms with van der Waals surface area (Å²) >= 11 is 0. The summed E-state index contributed by atoms with van der Waals surface area (Å²) in [5.74, 6) is -0.278. The van der Waals surface area contributed by atoms with Crippen LogP contribution in [0, 0.1) is 6.92 Å². The molecule has 2 N–H and O–H groups in total. The van der Waals surface area contributed by atoms with Gasteiger partial charge in [0.25, 0.3) is 5.91 Å². The standard InChI is InChI=1S/C28H28F3N3O/c1-18-3-2-4-25(26(18)19-5-8-22(9-6-19)28(29,30)31)27(35)33-23-10-7-20-16-24(17-21(20)15-23)34-13-11-32-12-14-34/h2-10,15,24,32H,11-14,16-17H2,1H3,(H,33,35). The number of fused-ring (bicyclic) bond motifs is 1. The second kappa shape index (κ2) is 9.47. The molecule has 0 spiro atoms. The largest absolute Gasteiger partial charge is 0.416 e. The van der Waals surface area contributed by atoms with E-state index < -0.39 is 11.7 Å². The number of hydrogen-bond acceptors (Lipinski definition) is 3. The first-order chi connectivity index (χ1) is 16.8. The third-order valence-electron chi connectivity index (χ3n) is 7.06. The number of rotatable bonds is 4. The molecule has 4 nitrogen and oxygen atoms in total. The Morgan fingerprint density at radius 3 is 2.40 bits per heavy atom. The van der Waals surface area contributed by atoms with Crippen LogP contribution in [0.15, 0.2) is 60.7 Å². The van der Waals surface area contributed by atoms with Gasteiger partial charge in [0.15, 0.2) is 0 Å². The van der Waals surface area contributed by atoms with E-state index in [1.54, 1.807) is 12.1 Å². The number of amides is 1. The van der Waals surface area contributed by atoms with Crippen molar-refractivity contribution in [2.45, 2.75) is 32.0 Å². The molecule has 35 heavy (non-hydrogen) atoms. The smallest absolute Gasteiger partial charge is 0.322 e. The fraction of sp³-hybridized carbons (Fsp3) is 0.321. The number of hydrogen-bond donors (Lipinski definition) is 2. The fourth-order valence-corrected chi connectivity index (χ4v) is 5.24. The highest BCUT2D eigenvalue weighted by Crippen LogP contribution is 2.34. The number of piperazine rings is 1. The van der Waals surface area contributed by atoms with Crippen LogP contribution in [0.1, 0.15) is 32.6 Å². The number of anilines is 1. The first-order valence-electron chi connectivity index (χ1n) is 11.9. The summed E-state index contributed by atoms with van der Waals surface area (Å²) in [5.41, 5.74) is 5.08. The molecule has 2 aliphatic rings. The van der Waals surface area contributed by atoms with Crippen molar-refractivity contribution >= 4 is 11.6 Å². The molecule has 0 radical (unpaired) electrons. The van der Waals surface area contributed by atoms with Crippen LogP contribution < -0.4 is 10.6 Å². The van der Waals surface area contributed by atoms with Crippen LogP contribution in [0.4, 0.5) is 18.9 Å². The Labute approximate surface area is 203 Å². The highest BCUT2D eigenvalue weighted by Gasteiger charge is 2.30. The molecular formula is C28H28F3N3O. The Morgan fingerprint density at radius 2 is 1.69 bits per heavy atom. The second-order valence-electron chi connectivity index (χ2n) is 9.36. The van der Waals surface area contributed by atoms with Crippen LogP contribution in [0.5, 0.6) is 0 Å². The minimum absolute atomic E-state index is 0.278. The van der Waals surface area contributed by atoms with Crippen molar-refractivity contribution in [1.82, 2.24) is 10.2 Å². The molecule has 1 aliphatic carbocycles. The maximum absolute atomic E-state index is 13.3. The van der Waals surface area contributed by atoms with Gasteiger partial charge in [0, 0.05) is 43.5 Å². The van der Waals surface area contributed by atoms with E-state index in [2.05, 4.69) is 27.7 Å². The third-order valence-corrected chi connectivity index (χ3v) is 7.06. The molecule has 1 unspecified atom stereocenters. The zero-order valence-electron chi connectivity index (χ0n) is 19.6. The Bertz CT molecular complexity index is 1230. The molecule has 0 saturated carbocycles. The second-order valence-corrected chi connectivity index (χ2v) is 9.36. The molecule has 0 aromatic heterocycles. The summed E-state index contributed by atoms with van der Waals surface area (Å²) in [6.45, 7) is 6.01. The molecule has 1 atom stereocenters. The van der Waals surface area contributed by atoms with Gasteiger partial charge in [-0.15, -0.1) is 0 Å². The summed E-state index contributed by atoms with van der Waals surface area (Å²) in [7, 11) is 0. The molecule has 1 amide bonds. The Kier molecular flexibility index (Phi) is 6.38. The lowest BCUT2D eigenvalue weighted by molar-refractivity contribution is -0.137. The van der Waals surface area contributed by atoms with Crippen molar-refractivity contribution in [3.63, 3.8) is 0 Å². The molecular weight excluding hydrogens is 451 g/mol. The van der Waals surface area contributed by atoms with Crippen LogP contribution in [-0.2, 0) is 19.0 Å². The van der Waals surface area contributed by atoms with Crippen molar-refractivity contribution in [3.8, 4) is 11.1 Å². The van der Waals surface area contributed by atoms with Crippen LogP contribution in [0.2, 0.25) is 0 Å². The molecule has 3 aromatic carbocycles. The van der Waals surface area contributed by atoms with Gasteiger partial charge >= 0.3 is 6.18 Å². The number of alkyl halides is 3. The minimum Gasteiger partial charge on any atom is -0.322 e. The molecule has 0 bridgehead atoms. The Morgan fingerprint density at radius 1 is 0.971 bits per heavy atom. The lowest BCUT2D eigenvalue weighted by Gasteiger charge is -2.32. The number of nitrogens with zero attached hydrogens (tertiary/aromatic N) is 1. The summed E-state index contributed by atoms with van der Waals surface area (Å²) in [4.78, 5) is 15.8. The molecule has 1 heterocycles. The molecule has 1 saturated heterocycles. The predicted octanol–water partition coefficient (Wildman–Crippen LogP) is 5.31. The van der Waals surface area contributed by atoms with Crippen LogP contribution in [0.25, 0.3) is 11.1 Å². The number of halogens is 3. The summed E-state index contributed by atoms with van der Waals surface area (Å²) in [6, 6.07) is 16.9. The van der Waals surface area contributed by atoms with E-state index in [1.165, 1.54) is 23.3 Å². The van der Waals surface area contributed by atoms with E-state index in [9.17, 15) is 18.0 Å². The van der Waals surface area contributed by atoms with Crippen LogP contribution in [0.3, 0.4) is 0 Å². The highest BCUT2D eigenvalue weighted by atomic mass is 19.4. The van der Waals surface area contributed by atoms with Gasteiger partial charge < -0.3 is 10.6 Å².